The van der Waals surface area contributed by atoms with Crippen LogP contribution in [0.3, 0.4) is 0 Å². The summed E-state index contributed by atoms with van der Waals surface area (Å²) in [6.45, 7) is 7.15. The number of carbonyl (C=O) groups is 2. The minimum atomic E-state index is -0.773. The number of methoxy groups -OCH3 is 1. The maximum Gasteiger partial charge on any atom is 0.309 e. The largest absolute Gasteiger partial charge is 0.497 e. The van der Waals surface area contributed by atoms with E-state index in [9.17, 15) is 14.0 Å². The molecule has 9 heteroatoms. The summed E-state index contributed by atoms with van der Waals surface area (Å²) >= 11 is 0. The summed E-state index contributed by atoms with van der Waals surface area (Å²) < 4.78 is 27.1. The number of nitrogens with one attached hydrogen (secondary N) is 2. The number of aromatic nitrogens is 2. The Morgan fingerprint density at radius 3 is 2.37 bits per heavy atom. The molecule has 0 saturated carbocycles. The third kappa shape index (κ3) is 6.11. The van der Waals surface area contributed by atoms with Crippen LogP contribution in [0.4, 0.5) is 4.39 Å². The van der Waals surface area contributed by atoms with E-state index < -0.39 is 29.5 Å². The van der Waals surface area contributed by atoms with E-state index in [-0.39, 0.29) is 5.82 Å². The Hall–Kier alpha value is -4.40. The minimum absolute atomic E-state index is 0.318. The molecule has 1 aromatic heterocycles. The molecule has 2 N–H and O–H groups in total. The van der Waals surface area contributed by atoms with Crippen molar-refractivity contribution in [2.24, 2.45) is 0 Å². The number of ether oxygens (including phenoxy) is 2. The number of hydrogen-bond donors (Lipinski definition) is 2. The van der Waals surface area contributed by atoms with E-state index in [4.69, 9.17) is 14.6 Å². The molecule has 4 rings (SSSR count). The van der Waals surface area contributed by atoms with Gasteiger partial charge in [0.25, 0.3) is 0 Å². The normalized spacial score (nSPS) is 13.0. The predicted molar refractivity (Wildman–Crippen MR) is 143 cm³/mol. The summed E-state index contributed by atoms with van der Waals surface area (Å²) in [5.74, 6) is -0.926. The second-order valence-corrected chi connectivity index (χ2v) is 9.99. The highest BCUT2D eigenvalue weighted by Crippen LogP contribution is 2.33. The van der Waals surface area contributed by atoms with Crippen molar-refractivity contribution in [3.8, 4) is 17.3 Å². The summed E-state index contributed by atoms with van der Waals surface area (Å²) in [4.78, 5) is 25.2. The topological polar surface area (TPSA) is 94.5 Å². The molecular weight excluding hydrogens is 487 g/mol. The van der Waals surface area contributed by atoms with Gasteiger partial charge in [0.1, 0.15) is 17.7 Å². The summed E-state index contributed by atoms with van der Waals surface area (Å²) in [6.07, 6.45) is -0.725. The van der Waals surface area contributed by atoms with Gasteiger partial charge >= 0.3 is 11.8 Å². The molecule has 0 radical (unpaired) electrons. The zero-order valence-corrected chi connectivity index (χ0v) is 22.0. The first-order valence-electron chi connectivity index (χ1n) is 12.2. The molecule has 8 nitrogen and oxygen atoms in total. The van der Waals surface area contributed by atoms with Gasteiger partial charge in [-0.3, -0.25) is 9.59 Å². The highest BCUT2D eigenvalue weighted by Gasteiger charge is 2.29. The smallest absolute Gasteiger partial charge is 0.309 e. The first-order chi connectivity index (χ1) is 18.1. The maximum atomic E-state index is 13.6. The molecule has 1 heterocycles. The van der Waals surface area contributed by atoms with Crippen LogP contribution in [0.25, 0.3) is 16.6 Å². The van der Waals surface area contributed by atoms with Crippen LogP contribution in [0.15, 0.2) is 72.8 Å². The summed E-state index contributed by atoms with van der Waals surface area (Å²) in [7, 11) is 1.56. The van der Waals surface area contributed by atoms with Crippen LogP contribution in [0, 0.1) is 5.82 Å². The van der Waals surface area contributed by atoms with E-state index in [0.717, 1.165) is 10.9 Å². The van der Waals surface area contributed by atoms with Crippen LogP contribution in [0.2, 0.25) is 0 Å². The lowest BCUT2D eigenvalue weighted by atomic mass is 10.0. The second-order valence-electron chi connectivity index (χ2n) is 9.99. The molecule has 0 aliphatic heterocycles. The van der Waals surface area contributed by atoms with E-state index in [0.29, 0.717) is 22.9 Å². The number of fused-ring (bicyclic) bond motifs is 1. The Morgan fingerprint density at radius 1 is 0.974 bits per heavy atom. The van der Waals surface area contributed by atoms with Crippen LogP contribution in [-0.2, 0) is 9.59 Å². The zero-order valence-electron chi connectivity index (χ0n) is 22.0. The standard InChI is InChI=1S/C29H31FN4O4/c1-18(31-26(35)27(36)32-29(2,3)4)25(19-9-8-10-22(17-19)37-5)38-28-23-11-6-7-12-24(23)34(33-28)21-15-13-20(30)14-16-21/h6-18,25H,1-5H3,(H,31,35)(H,32,36)/t18-,25-/m0/s1. The minimum Gasteiger partial charge on any atom is -0.497 e. The molecule has 4 aromatic rings. The van der Waals surface area contributed by atoms with Crippen molar-refractivity contribution in [3.63, 3.8) is 0 Å². The van der Waals surface area contributed by atoms with Gasteiger partial charge in [0.05, 0.1) is 29.7 Å². The molecule has 38 heavy (non-hydrogen) atoms. The van der Waals surface area contributed by atoms with Gasteiger partial charge in [-0.2, -0.15) is 0 Å². The molecule has 0 aliphatic carbocycles. The van der Waals surface area contributed by atoms with Gasteiger partial charge in [0.15, 0.2) is 0 Å². The lowest BCUT2D eigenvalue weighted by molar-refractivity contribution is -0.140. The SMILES string of the molecule is COc1cccc([C@@H](Oc2nn(-c3ccc(F)cc3)c3ccccc23)[C@H](C)NC(=O)C(=O)NC(C)(C)C)c1. The van der Waals surface area contributed by atoms with Crippen molar-refractivity contribution in [2.45, 2.75) is 45.4 Å². The number of halogens is 1. The molecule has 2 atom stereocenters. The number of para-hydroxylation sites is 1. The van der Waals surface area contributed by atoms with E-state index in [1.54, 1.807) is 57.7 Å². The first kappa shape index (κ1) is 26.7. The van der Waals surface area contributed by atoms with Crippen LogP contribution in [0.5, 0.6) is 11.6 Å². The molecule has 0 unspecified atom stereocenters. The maximum absolute atomic E-state index is 13.6. The Kier molecular flexibility index (Phi) is 7.66. The van der Waals surface area contributed by atoms with Crippen LogP contribution >= 0.6 is 0 Å². The van der Waals surface area contributed by atoms with Crippen molar-refractivity contribution in [1.29, 1.82) is 0 Å². The van der Waals surface area contributed by atoms with Crippen molar-refractivity contribution < 1.29 is 23.5 Å². The van der Waals surface area contributed by atoms with E-state index in [2.05, 4.69) is 10.6 Å². The van der Waals surface area contributed by atoms with Crippen molar-refractivity contribution in [2.75, 3.05) is 7.11 Å². The third-order valence-electron chi connectivity index (χ3n) is 5.79. The lowest BCUT2D eigenvalue weighted by Gasteiger charge is -2.26. The van der Waals surface area contributed by atoms with Gasteiger partial charge in [-0.1, -0.05) is 24.3 Å². The Balaban J connectivity index is 1.71. The average Bonchev–Trinajstić information content (AvgIpc) is 3.25. The monoisotopic (exact) mass is 518 g/mol. The summed E-state index contributed by atoms with van der Waals surface area (Å²) in [5.41, 5.74) is 1.58. The summed E-state index contributed by atoms with van der Waals surface area (Å²) in [5, 5.41) is 10.8. The van der Waals surface area contributed by atoms with Crippen LogP contribution in [-0.4, -0.2) is 40.3 Å². The predicted octanol–water partition coefficient (Wildman–Crippen LogP) is 4.71. The molecular formula is C29H31FN4O4. The number of benzene rings is 3. The Morgan fingerprint density at radius 2 is 1.68 bits per heavy atom. The van der Waals surface area contributed by atoms with Crippen molar-refractivity contribution in [1.82, 2.24) is 20.4 Å². The van der Waals surface area contributed by atoms with Gasteiger partial charge in [0.2, 0.25) is 5.88 Å². The Bertz CT molecular complexity index is 1440. The quantitative estimate of drug-likeness (QED) is 0.346. The number of nitrogens with zero attached hydrogens (tertiary/aromatic N) is 2. The number of amides is 2. The fourth-order valence-electron chi connectivity index (χ4n) is 4.05. The van der Waals surface area contributed by atoms with Gasteiger partial charge in [-0.25, -0.2) is 9.07 Å². The zero-order chi connectivity index (χ0) is 27.4. The van der Waals surface area contributed by atoms with Crippen LogP contribution < -0.4 is 20.1 Å². The Labute approximate surface area is 220 Å². The number of hydrogen-bond acceptors (Lipinski definition) is 5. The average molecular weight is 519 g/mol. The molecule has 0 aliphatic rings. The third-order valence-corrected chi connectivity index (χ3v) is 5.79. The number of rotatable bonds is 7. The molecule has 0 spiro atoms. The highest BCUT2D eigenvalue weighted by molar-refractivity contribution is 6.35. The van der Waals surface area contributed by atoms with Crippen LogP contribution in [0.1, 0.15) is 39.4 Å². The first-order valence-corrected chi connectivity index (χ1v) is 12.2. The second kappa shape index (κ2) is 10.9. The molecule has 0 fully saturated rings. The molecule has 0 saturated heterocycles. The fourth-order valence-corrected chi connectivity index (χ4v) is 4.05. The lowest BCUT2D eigenvalue weighted by Crippen LogP contribution is -2.51. The van der Waals surface area contributed by atoms with Gasteiger partial charge < -0.3 is 20.1 Å². The van der Waals surface area contributed by atoms with Crippen molar-refractivity contribution >= 4 is 22.7 Å². The van der Waals surface area contributed by atoms with E-state index in [1.807, 2.05) is 42.5 Å². The highest BCUT2D eigenvalue weighted by atomic mass is 19.1. The molecule has 3 aromatic carbocycles. The van der Waals surface area contributed by atoms with Gasteiger partial charge in [-0.05, 0) is 81.8 Å². The molecule has 198 valence electrons. The van der Waals surface area contributed by atoms with E-state index >= 15 is 0 Å². The fraction of sp³-hybridized carbons (Fsp3) is 0.276. The number of carbonyl (C=O) groups excluding carboxylic acids is 2. The molecule has 2 amide bonds. The van der Waals surface area contributed by atoms with Gasteiger partial charge in [0, 0.05) is 5.54 Å². The summed E-state index contributed by atoms with van der Waals surface area (Å²) in [6, 6.07) is 20.2. The molecule has 0 bridgehead atoms. The van der Waals surface area contributed by atoms with Gasteiger partial charge in [-0.15, -0.1) is 5.10 Å². The van der Waals surface area contributed by atoms with E-state index in [1.165, 1.54) is 12.1 Å². The van der Waals surface area contributed by atoms with Crippen molar-refractivity contribution in [3.05, 3.63) is 84.2 Å².